The van der Waals surface area contributed by atoms with E-state index >= 15 is 0 Å². The van der Waals surface area contributed by atoms with Gasteiger partial charge in [0.25, 0.3) is 5.91 Å². The van der Waals surface area contributed by atoms with E-state index in [2.05, 4.69) is 30.1 Å². The molecule has 0 unspecified atom stereocenters. The number of thioether (sulfide) groups is 1. The number of aromatic nitrogens is 3. The molecule has 0 radical (unpaired) electrons. The molecule has 1 amide bonds. The van der Waals surface area contributed by atoms with E-state index in [1.165, 1.54) is 5.56 Å². The molecule has 0 aliphatic heterocycles. The molecule has 2 heterocycles. The van der Waals surface area contributed by atoms with E-state index < -0.39 is 0 Å². The number of carbonyl (C=O) groups is 1. The maximum Gasteiger partial charge on any atom is 0.260 e. The van der Waals surface area contributed by atoms with Crippen molar-refractivity contribution in [1.82, 2.24) is 14.5 Å². The molecule has 154 valence electrons. The molecule has 0 saturated carbocycles. The van der Waals surface area contributed by atoms with Crippen LogP contribution in [0.25, 0.3) is 10.2 Å². The summed E-state index contributed by atoms with van der Waals surface area (Å²) in [7, 11) is 0. The first kappa shape index (κ1) is 20.6. The van der Waals surface area contributed by atoms with Crippen molar-refractivity contribution in [3.63, 3.8) is 0 Å². The summed E-state index contributed by atoms with van der Waals surface area (Å²) in [4.78, 5) is 25.3. The van der Waals surface area contributed by atoms with Crippen molar-refractivity contribution in [3.05, 3.63) is 72.3 Å². The zero-order valence-electron chi connectivity index (χ0n) is 17.1. The molecule has 0 fully saturated rings. The highest BCUT2D eigenvalue weighted by Gasteiger charge is 2.21. The quantitative estimate of drug-likeness (QED) is 0.342. The summed E-state index contributed by atoms with van der Waals surface area (Å²) in [6, 6.07) is 14.1. The van der Waals surface area contributed by atoms with Gasteiger partial charge in [0.2, 0.25) is 0 Å². The van der Waals surface area contributed by atoms with E-state index in [9.17, 15) is 4.79 Å². The number of thiazole rings is 1. The second-order valence-corrected chi connectivity index (χ2v) is 8.88. The van der Waals surface area contributed by atoms with Gasteiger partial charge in [0.15, 0.2) is 5.13 Å². The van der Waals surface area contributed by atoms with Crippen LogP contribution in [0.1, 0.15) is 29.3 Å². The molecule has 2 aromatic heterocycles. The van der Waals surface area contributed by atoms with Crippen LogP contribution in [-0.2, 0) is 13.0 Å². The molecule has 0 atom stereocenters. The van der Waals surface area contributed by atoms with Gasteiger partial charge in [-0.25, -0.2) is 9.97 Å². The third kappa shape index (κ3) is 4.57. The number of carbonyl (C=O) groups excluding carboxylic acids is 1. The first-order chi connectivity index (χ1) is 14.7. The Balaban J connectivity index is 1.64. The Morgan fingerprint density at radius 1 is 1.23 bits per heavy atom. The Hall–Kier alpha value is -2.64. The lowest BCUT2D eigenvalue weighted by atomic mass is 10.2. The average Bonchev–Trinajstić information content (AvgIpc) is 3.45. The number of amides is 1. The fourth-order valence-corrected chi connectivity index (χ4v) is 4.83. The van der Waals surface area contributed by atoms with Crippen LogP contribution in [-0.4, -0.2) is 33.2 Å². The van der Waals surface area contributed by atoms with Crippen LogP contribution >= 0.6 is 23.1 Å². The van der Waals surface area contributed by atoms with Crippen molar-refractivity contribution in [2.24, 2.45) is 0 Å². The monoisotopic (exact) mass is 436 g/mol. The van der Waals surface area contributed by atoms with Crippen LogP contribution in [0.5, 0.6) is 0 Å². The third-order valence-electron chi connectivity index (χ3n) is 5.00. The van der Waals surface area contributed by atoms with Gasteiger partial charge in [0, 0.05) is 35.9 Å². The van der Waals surface area contributed by atoms with Crippen LogP contribution < -0.4 is 4.90 Å². The number of anilines is 1. The van der Waals surface area contributed by atoms with Crippen LogP contribution in [0, 0.1) is 0 Å². The lowest BCUT2D eigenvalue weighted by molar-refractivity contribution is 0.0986. The van der Waals surface area contributed by atoms with Gasteiger partial charge in [-0.15, -0.1) is 11.8 Å². The summed E-state index contributed by atoms with van der Waals surface area (Å²) in [6.45, 7) is 3.55. The van der Waals surface area contributed by atoms with Crippen molar-refractivity contribution in [1.29, 1.82) is 0 Å². The fraction of sp³-hybridized carbons (Fsp3) is 0.261. The molecule has 7 heteroatoms. The van der Waals surface area contributed by atoms with Crippen molar-refractivity contribution < 1.29 is 4.79 Å². The van der Waals surface area contributed by atoms with Crippen LogP contribution in [0.3, 0.4) is 0 Å². The van der Waals surface area contributed by atoms with Gasteiger partial charge >= 0.3 is 0 Å². The molecule has 0 aliphatic rings. The maximum absolute atomic E-state index is 13.5. The topological polar surface area (TPSA) is 51.0 Å². The smallest absolute Gasteiger partial charge is 0.260 e. The number of imidazole rings is 1. The molecule has 0 saturated heterocycles. The standard InChI is InChI=1S/C23H24N4OS2/c1-3-17-8-9-20-21(14-17)30-23(25-20)27(12-5-11-26-13-10-24-16-26)22(28)18-6-4-7-19(15-18)29-2/h4,6-10,13-16H,3,5,11-12H2,1-2H3. The van der Waals surface area contributed by atoms with Gasteiger partial charge in [-0.3, -0.25) is 9.69 Å². The summed E-state index contributed by atoms with van der Waals surface area (Å²) in [5.74, 6) is -0.00805. The van der Waals surface area contributed by atoms with Crippen molar-refractivity contribution >= 4 is 44.4 Å². The van der Waals surface area contributed by atoms with E-state index in [1.807, 2.05) is 46.2 Å². The molecule has 4 aromatic rings. The fourth-order valence-electron chi connectivity index (χ4n) is 3.32. The van der Waals surface area contributed by atoms with E-state index in [0.717, 1.165) is 39.6 Å². The van der Waals surface area contributed by atoms with Crippen LogP contribution in [0.4, 0.5) is 5.13 Å². The van der Waals surface area contributed by atoms with E-state index in [1.54, 1.807) is 35.6 Å². The summed E-state index contributed by atoms with van der Waals surface area (Å²) < 4.78 is 3.15. The molecule has 0 bridgehead atoms. The molecular weight excluding hydrogens is 412 g/mol. The molecule has 0 N–H and O–H groups in total. The van der Waals surface area contributed by atoms with Gasteiger partial charge in [0.05, 0.1) is 16.5 Å². The number of nitrogens with zero attached hydrogens (tertiary/aromatic N) is 4. The summed E-state index contributed by atoms with van der Waals surface area (Å²) in [5.41, 5.74) is 2.92. The molecule has 2 aromatic carbocycles. The zero-order valence-corrected chi connectivity index (χ0v) is 18.7. The second kappa shape index (κ2) is 9.45. The zero-order chi connectivity index (χ0) is 20.9. The second-order valence-electron chi connectivity index (χ2n) is 6.99. The van der Waals surface area contributed by atoms with E-state index in [0.29, 0.717) is 12.1 Å². The Bertz CT molecular complexity index is 1140. The number of rotatable bonds is 8. The minimum atomic E-state index is -0.00805. The minimum Gasteiger partial charge on any atom is -0.337 e. The number of hydrogen-bond donors (Lipinski definition) is 0. The number of benzene rings is 2. The molecule has 0 aliphatic carbocycles. The van der Waals surface area contributed by atoms with Crippen molar-refractivity contribution in [3.8, 4) is 0 Å². The average molecular weight is 437 g/mol. The molecule has 30 heavy (non-hydrogen) atoms. The Kier molecular flexibility index (Phi) is 6.50. The minimum absolute atomic E-state index is 0.00805. The lowest BCUT2D eigenvalue weighted by Gasteiger charge is -2.20. The number of aryl methyl sites for hydroxylation is 2. The van der Waals surface area contributed by atoms with E-state index in [-0.39, 0.29) is 5.91 Å². The van der Waals surface area contributed by atoms with Gasteiger partial charge < -0.3 is 4.57 Å². The predicted octanol–water partition coefficient (Wildman–Crippen LogP) is 5.51. The summed E-state index contributed by atoms with van der Waals surface area (Å²) in [5, 5.41) is 0.753. The molecule has 5 nitrogen and oxygen atoms in total. The van der Waals surface area contributed by atoms with Crippen LogP contribution in [0.2, 0.25) is 0 Å². The maximum atomic E-state index is 13.5. The molecule has 4 rings (SSSR count). The normalized spacial score (nSPS) is 11.1. The van der Waals surface area contributed by atoms with Gasteiger partial charge in [-0.05, 0) is 55.0 Å². The predicted molar refractivity (Wildman–Crippen MR) is 126 cm³/mol. The summed E-state index contributed by atoms with van der Waals surface area (Å²) in [6.07, 6.45) is 9.34. The van der Waals surface area contributed by atoms with Gasteiger partial charge in [0.1, 0.15) is 0 Å². The highest BCUT2D eigenvalue weighted by atomic mass is 32.2. The molecular formula is C23H24N4OS2. The first-order valence-electron chi connectivity index (χ1n) is 9.99. The van der Waals surface area contributed by atoms with Gasteiger partial charge in [-0.2, -0.15) is 0 Å². The Morgan fingerprint density at radius 3 is 2.90 bits per heavy atom. The van der Waals surface area contributed by atoms with Gasteiger partial charge in [-0.1, -0.05) is 30.4 Å². The highest BCUT2D eigenvalue weighted by Crippen LogP contribution is 2.31. The first-order valence-corrected chi connectivity index (χ1v) is 12.0. The van der Waals surface area contributed by atoms with Crippen molar-refractivity contribution in [2.75, 3.05) is 17.7 Å². The highest BCUT2D eigenvalue weighted by molar-refractivity contribution is 7.98. The van der Waals surface area contributed by atoms with E-state index in [4.69, 9.17) is 4.98 Å². The molecule has 0 spiro atoms. The SMILES string of the molecule is CCc1ccc2nc(N(CCCn3ccnc3)C(=O)c3cccc(SC)c3)sc2c1. The Morgan fingerprint density at radius 2 is 2.13 bits per heavy atom. The third-order valence-corrected chi connectivity index (χ3v) is 6.77. The van der Waals surface area contributed by atoms with Crippen molar-refractivity contribution in [2.45, 2.75) is 31.2 Å². The van der Waals surface area contributed by atoms with Crippen LogP contribution in [0.15, 0.2) is 66.1 Å². The largest absolute Gasteiger partial charge is 0.337 e. The number of fused-ring (bicyclic) bond motifs is 1. The number of hydrogen-bond acceptors (Lipinski definition) is 5. The Labute approximate surface area is 184 Å². The summed E-state index contributed by atoms with van der Waals surface area (Å²) >= 11 is 3.22. The lowest BCUT2D eigenvalue weighted by Crippen LogP contribution is -2.32.